The highest BCUT2D eigenvalue weighted by molar-refractivity contribution is 5.93. The summed E-state index contributed by atoms with van der Waals surface area (Å²) in [5, 5.41) is 8.40. The van der Waals surface area contributed by atoms with Crippen LogP contribution < -0.4 is 0 Å². The molecule has 86 valence electrons. The molecule has 1 aliphatic rings. The molecule has 0 aliphatic carbocycles. The van der Waals surface area contributed by atoms with E-state index in [1.165, 1.54) is 0 Å². The van der Waals surface area contributed by atoms with Crippen LogP contribution in [-0.4, -0.2) is 60.6 Å². The molecular weight excluding hydrogens is 192 g/mol. The lowest BCUT2D eigenvalue weighted by molar-refractivity contribution is -0.126. The van der Waals surface area contributed by atoms with E-state index in [9.17, 15) is 4.79 Å². The lowest BCUT2D eigenvalue weighted by Gasteiger charge is -2.30. The fraction of sp³-hybridized carbons (Fsp3) is 0.727. The molecule has 0 spiro atoms. The van der Waals surface area contributed by atoms with Crippen LogP contribution in [0.2, 0.25) is 0 Å². The van der Waals surface area contributed by atoms with Gasteiger partial charge in [-0.15, -0.1) is 0 Å². The topological polar surface area (TPSA) is 43.8 Å². The van der Waals surface area contributed by atoms with Crippen LogP contribution in [0.5, 0.6) is 0 Å². The van der Waals surface area contributed by atoms with E-state index in [4.69, 9.17) is 5.11 Å². The molecule has 0 aromatic rings. The molecule has 1 fully saturated rings. The smallest absolute Gasteiger partial charge is 0.298 e. The van der Waals surface area contributed by atoms with Gasteiger partial charge in [0.05, 0.1) is 0 Å². The van der Waals surface area contributed by atoms with Gasteiger partial charge in [0.1, 0.15) is 6.61 Å². The van der Waals surface area contributed by atoms with Crippen LogP contribution in [0.4, 0.5) is 0 Å². The Hall–Kier alpha value is -1.05. The first kappa shape index (κ1) is 13.9. The van der Waals surface area contributed by atoms with Crippen molar-refractivity contribution in [2.45, 2.75) is 13.8 Å². The third kappa shape index (κ3) is 5.40. The second-order valence-electron chi connectivity index (χ2n) is 3.06. The Bertz CT molecular complexity index is 235. The van der Waals surface area contributed by atoms with E-state index < -0.39 is 0 Å². The van der Waals surface area contributed by atoms with Crippen molar-refractivity contribution in [3.63, 3.8) is 0 Å². The molecule has 1 saturated heterocycles. The summed E-state index contributed by atoms with van der Waals surface area (Å²) in [7, 11) is 2.03. The first-order valence-corrected chi connectivity index (χ1v) is 5.31. The monoisotopic (exact) mass is 212 g/mol. The van der Waals surface area contributed by atoms with Crippen molar-refractivity contribution >= 4 is 5.91 Å². The molecule has 4 heteroatoms. The highest BCUT2D eigenvalue weighted by Crippen LogP contribution is 1.98. The minimum absolute atomic E-state index is 0.179. The highest BCUT2D eigenvalue weighted by Gasteiger charge is 2.16. The molecule has 1 rings (SSSR count). The average Bonchev–Trinajstić information content (AvgIpc) is 2.29. The van der Waals surface area contributed by atoms with E-state index in [0.29, 0.717) is 0 Å². The van der Waals surface area contributed by atoms with E-state index in [-0.39, 0.29) is 12.5 Å². The Labute approximate surface area is 91.9 Å². The van der Waals surface area contributed by atoms with Gasteiger partial charge < -0.3 is 14.9 Å². The summed E-state index contributed by atoms with van der Waals surface area (Å²) in [6, 6.07) is 0. The van der Waals surface area contributed by atoms with E-state index in [2.05, 4.69) is 16.7 Å². The largest absolute Gasteiger partial charge is 0.384 e. The molecule has 0 atom stereocenters. The molecule has 1 heterocycles. The standard InChI is InChI=1S/C9H14N2O2.C2H6/c1-10-4-6-11(7-5-10)9(13)3-2-8-12;1-2/h12H,4-8H2,1H3;1-2H3. The predicted octanol–water partition coefficient (Wildman–Crippen LogP) is -0.218. The molecular formula is C11H20N2O2. The molecule has 0 radical (unpaired) electrons. The molecule has 1 aliphatic heterocycles. The van der Waals surface area contributed by atoms with E-state index >= 15 is 0 Å². The van der Waals surface area contributed by atoms with Crippen LogP contribution in [0.3, 0.4) is 0 Å². The SMILES string of the molecule is CC.CN1CCN(C(=O)C#CCO)CC1. The van der Waals surface area contributed by atoms with Crippen LogP contribution in [0, 0.1) is 11.8 Å². The van der Waals surface area contributed by atoms with Crippen LogP contribution in [0.25, 0.3) is 0 Å². The van der Waals surface area contributed by atoms with Gasteiger partial charge in [-0.1, -0.05) is 19.8 Å². The number of carbonyl (C=O) groups is 1. The number of hydrogen-bond donors (Lipinski definition) is 1. The summed E-state index contributed by atoms with van der Waals surface area (Å²) in [6.07, 6.45) is 0. The summed E-state index contributed by atoms with van der Waals surface area (Å²) in [6.45, 7) is 7.00. The molecule has 4 nitrogen and oxygen atoms in total. The van der Waals surface area contributed by atoms with Crippen LogP contribution in [-0.2, 0) is 4.79 Å². The number of hydrogen-bond acceptors (Lipinski definition) is 3. The minimum atomic E-state index is -0.251. The van der Waals surface area contributed by atoms with Crippen molar-refractivity contribution in [1.82, 2.24) is 9.80 Å². The molecule has 0 aromatic carbocycles. The van der Waals surface area contributed by atoms with Crippen molar-refractivity contribution in [1.29, 1.82) is 0 Å². The van der Waals surface area contributed by atoms with Gasteiger partial charge in [-0.2, -0.15) is 0 Å². The van der Waals surface area contributed by atoms with Crippen molar-refractivity contribution in [3.8, 4) is 11.8 Å². The van der Waals surface area contributed by atoms with Gasteiger partial charge in [0.15, 0.2) is 0 Å². The highest BCUT2D eigenvalue weighted by atomic mass is 16.2. The maximum absolute atomic E-state index is 11.3. The summed E-state index contributed by atoms with van der Waals surface area (Å²) < 4.78 is 0. The average molecular weight is 212 g/mol. The fourth-order valence-corrected chi connectivity index (χ4v) is 1.20. The number of carbonyl (C=O) groups excluding carboxylic acids is 1. The summed E-state index contributed by atoms with van der Waals surface area (Å²) >= 11 is 0. The van der Waals surface area contributed by atoms with E-state index in [0.717, 1.165) is 26.2 Å². The Morgan fingerprint density at radius 2 is 1.80 bits per heavy atom. The zero-order valence-corrected chi connectivity index (χ0v) is 9.79. The molecule has 0 aromatic heterocycles. The number of amides is 1. The molecule has 15 heavy (non-hydrogen) atoms. The van der Waals surface area contributed by atoms with Crippen LogP contribution >= 0.6 is 0 Å². The van der Waals surface area contributed by atoms with Crippen molar-refractivity contribution in [2.24, 2.45) is 0 Å². The summed E-state index contributed by atoms with van der Waals surface area (Å²) in [5.41, 5.74) is 0. The zero-order valence-electron chi connectivity index (χ0n) is 9.79. The van der Waals surface area contributed by atoms with Crippen LogP contribution in [0.15, 0.2) is 0 Å². The van der Waals surface area contributed by atoms with Crippen molar-refractivity contribution in [3.05, 3.63) is 0 Å². The second-order valence-corrected chi connectivity index (χ2v) is 3.06. The summed E-state index contributed by atoms with van der Waals surface area (Å²) in [5.74, 6) is 4.56. The van der Waals surface area contributed by atoms with Crippen molar-refractivity contribution in [2.75, 3.05) is 39.8 Å². The maximum atomic E-state index is 11.3. The van der Waals surface area contributed by atoms with Gasteiger partial charge in [-0.25, -0.2) is 0 Å². The van der Waals surface area contributed by atoms with Gasteiger partial charge in [-0.05, 0) is 13.0 Å². The third-order valence-corrected chi connectivity index (χ3v) is 2.06. The minimum Gasteiger partial charge on any atom is -0.384 e. The number of rotatable bonds is 0. The zero-order chi connectivity index (χ0) is 11.7. The Balaban J connectivity index is 0.000000921. The van der Waals surface area contributed by atoms with E-state index in [1.54, 1.807) is 4.90 Å². The van der Waals surface area contributed by atoms with E-state index in [1.807, 2.05) is 20.9 Å². The van der Waals surface area contributed by atoms with Gasteiger partial charge >= 0.3 is 0 Å². The van der Waals surface area contributed by atoms with Crippen molar-refractivity contribution < 1.29 is 9.90 Å². The number of aliphatic hydroxyl groups excluding tert-OH is 1. The second kappa shape index (κ2) is 8.27. The number of likely N-dealkylation sites (N-methyl/N-ethyl adjacent to an activating group) is 1. The van der Waals surface area contributed by atoms with Gasteiger partial charge in [0.2, 0.25) is 0 Å². The Morgan fingerprint density at radius 1 is 1.27 bits per heavy atom. The number of piperazine rings is 1. The fourth-order valence-electron chi connectivity index (χ4n) is 1.20. The Morgan fingerprint density at radius 3 is 2.27 bits per heavy atom. The third-order valence-electron chi connectivity index (χ3n) is 2.06. The number of nitrogens with zero attached hydrogens (tertiary/aromatic N) is 2. The van der Waals surface area contributed by atoms with Gasteiger partial charge in [0.25, 0.3) is 5.91 Å². The molecule has 0 bridgehead atoms. The Kier molecular flexibility index (Phi) is 7.69. The molecule has 0 unspecified atom stereocenters. The van der Waals surface area contributed by atoms with Crippen LogP contribution in [0.1, 0.15) is 13.8 Å². The maximum Gasteiger partial charge on any atom is 0.298 e. The lowest BCUT2D eigenvalue weighted by atomic mass is 10.3. The molecule has 1 amide bonds. The first-order valence-electron chi connectivity index (χ1n) is 5.31. The van der Waals surface area contributed by atoms with Gasteiger partial charge in [-0.3, -0.25) is 4.79 Å². The molecule has 1 N–H and O–H groups in total. The normalized spacial score (nSPS) is 15.9. The lowest BCUT2D eigenvalue weighted by Crippen LogP contribution is -2.46. The summed E-state index contributed by atoms with van der Waals surface area (Å²) in [4.78, 5) is 15.2. The number of aliphatic hydroxyl groups is 1. The quantitative estimate of drug-likeness (QED) is 0.565. The predicted molar refractivity (Wildman–Crippen MR) is 60.3 cm³/mol. The first-order chi connectivity index (χ1) is 7.24. The molecule has 0 saturated carbocycles. The van der Waals surface area contributed by atoms with Gasteiger partial charge in [0, 0.05) is 26.2 Å².